The summed E-state index contributed by atoms with van der Waals surface area (Å²) in [6.45, 7) is 8.09. The van der Waals surface area contributed by atoms with Crippen LogP contribution in [0.1, 0.15) is 39.2 Å². The molecule has 0 spiro atoms. The largest absolute Gasteiger partial charge is 0.313 e. The molecule has 0 saturated carbocycles. The highest BCUT2D eigenvalue weighted by molar-refractivity contribution is 5.25. The van der Waals surface area contributed by atoms with Gasteiger partial charge in [0, 0.05) is 23.9 Å². The quantitative estimate of drug-likeness (QED) is 0.844. The summed E-state index contributed by atoms with van der Waals surface area (Å²) in [4.78, 5) is 4.26. The first-order chi connectivity index (χ1) is 7.63. The van der Waals surface area contributed by atoms with Crippen LogP contribution in [-0.2, 0) is 5.41 Å². The van der Waals surface area contributed by atoms with Crippen molar-refractivity contribution in [3.05, 3.63) is 30.1 Å². The Bertz CT molecular complexity index is 334. The highest BCUT2D eigenvalue weighted by Gasteiger charge is 2.40. The summed E-state index contributed by atoms with van der Waals surface area (Å²) < 4.78 is 0. The second-order valence-corrected chi connectivity index (χ2v) is 5.55. The second-order valence-electron chi connectivity index (χ2n) is 5.55. The van der Waals surface area contributed by atoms with Gasteiger partial charge in [0.2, 0.25) is 0 Å². The van der Waals surface area contributed by atoms with E-state index in [1.807, 2.05) is 18.5 Å². The van der Waals surface area contributed by atoms with Gasteiger partial charge in [0.05, 0.1) is 0 Å². The van der Waals surface area contributed by atoms with Crippen LogP contribution in [0.25, 0.3) is 0 Å². The minimum Gasteiger partial charge on any atom is -0.313 e. The van der Waals surface area contributed by atoms with Gasteiger partial charge in [-0.1, -0.05) is 26.8 Å². The molecular formula is C14H22N2. The van der Waals surface area contributed by atoms with Crippen molar-refractivity contribution in [2.75, 3.05) is 6.54 Å². The maximum Gasteiger partial charge on any atom is 0.0306 e. The van der Waals surface area contributed by atoms with E-state index in [2.05, 4.69) is 37.1 Å². The Kier molecular flexibility index (Phi) is 3.29. The summed E-state index contributed by atoms with van der Waals surface area (Å²) in [6, 6.07) is 4.86. The molecule has 88 valence electrons. The third-order valence-corrected chi connectivity index (χ3v) is 3.83. The summed E-state index contributed by atoms with van der Waals surface area (Å²) in [7, 11) is 0. The van der Waals surface area contributed by atoms with Crippen LogP contribution in [0.3, 0.4) is 0 Å². The lowest BCUT2D eigenvalue weighted by atomic mass is 9.74. The lowest BCUT2D eigenvalue weighted by Gasteiger charge is -2.32. The van der Waals surface area contributed by atoms with Gasteiger partial charge in [-0.25, -0.2) is 0 Å². The van der Waals surface area contributed by atoms with Crippen LogP contribution in [0, 0.1) is 5.92 Å². The molecule has 1 fully saturated rings. The Hall–Kier alpha value is -0.890. The average Bonchev–Trinajstić information content (AvgIpc) is 2.62. The van der Waals surface area contributed by atoms with E-state index in [0.717, 1.165) is 12.5 Å². The zero-order valence-electron chi connectivity index (χ0n) is 10.5. The van der Waals surface area contributed by atoms with Gasteiger partial charge in [-0.15, -0.1) is 0 Å². The second kappa shape index (κ2) is 4.54. The highest BCUT2D eigenvalue weighted by atomic mass is 15.0. The summed E-state index contributed by atoms with van der Waals surface area (Å²) in [5.41, 5.74) is 1.64. The average molecular weight is 218 g/mol. The molecule has 2 heterocycles. The van der Waals surface area contributed by atoms with Gasteiger partial charge in [0.25, 0.3) is 0 Å². The maximum absolute atomic E-state index is 4.26. The van der Waals surface area contributed by atoms with E-state index >= 15 is 0 Å². The number of aromatic nitrogens is 1. The smallest absolute Gasteiger partial charge is 0.0306 e. The number of rotatable bonds is 3. The van der Waals surface area contributed by atoms with Crippen molar-refractivity contribution in [3.8, 4) is 0 Å². The molecule has 2 heteroatoms. The first kappa shape index (κ1) is 11.6. The van der Waals surface area contributed by atoms with Gasteiger partial charge in [0.15, 0.2) is 0 Å². The standard InChI is InChI=1S/C14H22N2/c1-11(2)9-13-14(3,6-8-16-13)12-5-4-7-15-10-12/h4-5,7,10-11,13,16H,6,8-9H2,1-3H3. The maximum atomic E-state index is 4.26. The topological polar surface area (TPSA) is 24.9 Å². The van der Waals surface area contributed by atoms with Crippen LogP contribution in [0.4, 0.5) is 0 Å². The van der Waals surface area contributed by atoms with Crippen LogP contribution < -0.4 is 5.32 Å². The van der Waals surface area contributed by atoms with E-state index in [-0.39, 0.29) is 5.41 Å². The lowest BCUT2D eigenvalue weighted by molar-refractivity contribution is 0.344. The van der Waals surface area contributed by atoms with Crippen molar-refractivity contribution in [3.63, 3.8) is 0 Å². The lowest BCUT2D eigenvalue weighted by Crippen LogP contribution is -2.39. The molecule has 2 unspecified atom stereocenters. The first-order valence-electron chi connectivity index (χ1n) is 6.27. The normalized spacial score (nSPS) is 29.9. The van der Waals surface area contributed by atoms with Crippen LogP contribution >= 0.6 is 0 Å². The molecule has 0 bridgehead atoms. The van der Waals surface area contributed by atoms with Crippen molar-refractivity contribution >= 4 is 0 Å². The molecule has 1 aromatic heterocycles. The fraction of sp³-hybridized carbons (Fsp3) is 0.643. The van der Waals surface area contributed by atoms with Gasteiger partial charge in [-0.2, -0.15) is 0 Å². The number of pyridine rings is 1. The van der Waals surface area contributed by atoms with Crippen molar-refractivity contribution in [1.29, 1.82) is 0 Å². The predicted molar refractivity (Wildman–Crippen MR) is 67.5 cm³/mol. The summed E-state index contributed by atoms with van der Waals surface area (Å²) >= 11 is 0. The summed E-state index contributed by atoms with van der Waals surface area (Å²) in [5.74, 6) is 0.742. The Labute approximate surface area is 98.5 Å². The fourth-order valence-electron chi connectivity index (χ4n) is 2.77. The Morgan fingerprint density at radius 1 is 1.56 bits per heavy atom. The molecule has 1 aromatic rings. The number of nitrogens with one attached hydrogen (secondary N) is 1. The van der Waals surface area contributed by atoms with Crippen LogP contribution in [0.2, 0.25) is 0 Å². The van der Waals surface area contributed by atoms with E-state index < -0.39 is 0 Å². The molecular weight excluding hydrogens is 196 g/mol. The molecule has 16 heavy (non-hydrogen) atoms. The third kappa shape index (κ3) is 2.12. The Morgan fingerprint density at radius 2 is 2.38 bits per heavy atom. The molecule has 2 atom stereocenters. The predicted octanol–water partition coefficient (Wildman–Crippen LogP) is 2.75. The minimum absolute atomic E-state index is 0.262. The SMILES string of the molecule is CC(C)CC1NCCC1(C)c1cccnc1. The zero-order valence-corrected chi connectivity index (χ0v) is 10.5. The Balaban J connectivity index is 2.23. The molecule has 0 radical (unpaired) electrons. The van der Waals surface area contributed by atoms with E-state index in [9.17, 15) is 0 Å². The molecule has 2 nitrogen and oxygen atoms in total. The molecule has 2 rings (SSSR count). The van der Waals surface area contributed by atoms with E-state index in [1.165, 1.54) is 18.4 Å². The van der Waals surface area contributed by atoms with Crippen LogP contribution in [-0.4, -0.2) is 17.6 Å². The monoisotopic (exact) mass is 218 g/mol. The van der Waals surface area contributed by atoms with Crippen molar-refractivity contribution in [1.82, 2.24) is 10.3 Å². The van der Waals surface area contributed by atoms with Gasteiger partial charge in [-0.3, -0.25) is 4.98 Å². The molecule has 0 amide bonds. The van der Waals surface area contributed by atoms with E-state index in [0.29, 0.717) is 6.04 Å². The van der Waals surface area contributed by atoms with Crippen LogP contribution in [0.15, 0.2) is 24.5 Å². The summed E-state index contributed by atoms with van der Waals surface area (Å²) in [6.07, 6.45) is 6.34. The van der Waals surface area contributed by atoms with Gasteiger partial charge in [-0.05, 0) is 36.9 Å². The van der Waals surface area contributed by atoms with Crippen molar-refractivity contribution in [2.45, 2.75) is 45.1 Å². The van der Waals surface area contributed by atoms with Crippen molar-refractivity contribution in [2.24, 2.45) is 5.92 Å². The third-order valence-electron chi connectivity index (χ3n) is 3.83. The van der Waals surface area contributed by atoms with Gasteiger partial charge < -0.3 is 5.32 Å². The number of nitrogens with zero attached hydrogens (tertiary/aromatic N) is 1. The first-order valence-corrected chi connectivity index (χ1v) is 6.27. The molecule has 0 aromatic carbocycles. The minimum atomic E-state index is 0.262. The molecule has 1 aliphatic rings. The Morgan fingerprint density at radius 3 is 3.00 bits per heavy atom. The molecule has 0 aliphatic carbocycles. The van der Waals surface area contributed by atoms with E-state index in [1.54, 1.807) is 0 Å². The van der Waals surface area contributed by atoms with Crippen LogP contribution in [0.5, 0.6) is 0 Å². The van der Waals surface area contributed by atoms with Crippen molar-refractivity contribution < 1.29 is 0 Å². The highest BCUT2D eigenvalue weighted by Crippen LogP contribution is 2.37. The number of hydrogen-bond acceptors (Lipinski definition) is 2. The van der Waals surface area contributed by atoms with E-state index in [4.69, 9.17) is 0 Å². The summed E-state index contributed by atoms with van der Waals surface area (Å²) in [5, 5.41) is 3.65. The fourth-order valence-corrected chi connectivity index (χ4v) is 2.77. The number of hydrogen-bond donors (Lipinski definition) is 1. The molecule has 1 saturated heterocycles. The van der Waals surface area contributed by atoms with Gasteiger partial charge >= 0.3 is 0 Å². The van der Waals surface area contributed by atoms with Gasteiger partial charge in [0.1, 0.15) is 0 Å². The molecule has 1 N–H and O–H groups in total. The zero-order chi connectivity index (χ0) is 11.6. The molecule has 1 aliphatic heterocycles.